The van der Waals surface area contributed by atoms with Crippen molar-refractivity contribution >= 4 is 49.7 Å². The van der Waals surface area contributed by atoms with E-state index < -0.39 is 0 Å². The van der Waals surface area contributed by atoms with Gasteiger partial charge in [-0.2, -0.15) is 0 Å². The number of nitrogens with zero attached hydrogens (tertiary/aromatic N) is 2. The van der Waals surface area contributed by atoms with Crippen LogP contribution >= 0.6 is 17.0 Å². The Kier molecular flexibility index (Phi) is 5.34. The molecule has 7 rings (SSSR count). The highest BCUT2D eigenvalue weighted by Gasteiger charge is 2.37. The molecule has 0 saturated carbocycles. The van der Waals surface area contributed by atoms with E-state index in [4.69, 9.17) is 4.98 Å². The molecule has 172 valence electrons. The molecule has 34 heavy (non-hydrogen) atoms. The molecule has 1 fully saturated rings. The first-order valence-electron chi connectivity index (χ1n) is 12.1. The van der Waals surface area contributed by atoms with Crippen LogP contribution in [-0.4, -0.2) is 32.9 Å². The van der Waals surface area contributed by atoms with Crippen molar-refractivity contribution in [1.82, 2.24) is 19.9 Å². The number of hydrogen-bond donors (Lipinski definition) is 2. The van der Waals surface area contributed by atoms with E-state index in [-0.39, 0.29) is 17.0 Å². The van der Waals surface area contributed by atoms with E-state index >= 15 is 0 Å². The number of para-hydroxylation sites is 2. The number of pyridine rings is 1. The Balaban J connectivity index is 0.00000217. The van der Waals surface area contributed by atoms with E-state index in [1.807, 2.05) is 6.20 Å². The van der Waals surface area contributed by atoms with Crippen LogP contribution < -0.4 is 0 Å². The lowest BCUT2D eigenvalue weighted by atomic mass is 9.79. The van der Waals surface area contributed by atoms with Gasteiger partial charge in [0.25, 0.3) is 0 Å². The number of piperidine rings is 1. The summed E-state index contributed by atoms with van der Waals surface area (Å²) >= 11 is 0. The van der Waals surface area contributed by atoms with E-state index in [9.17, 15) is 0 Å². The van der Waals surface area contributed by atoms with E-state index in [0.29, 0.717) is 12.0 Å². The Morgan fingerprint density at radius 1 is 0.971 bits per heavy atom. The van der Waals surface area contributed by atoms with Crippen molar-refractivity contribution in [2.24, 2.45) is 5.92 Å². The van der Waals surface area contributed by atoms with Gasteiger partial charge in [0.1, 0.15) is 0 Å². The summed E-state index contributed by atoms with van der Waals surface area (Å²) in [5.74, 6) is 0.498. The van der Waals surface area contributed by atoms with Crippen molar-refractivity contribution in [1.29, 1.82) is 0 Å². The molecule has 2 aromatic carbocycles. The third-order valence-electron chi connectivity index (χ3n) is 8.00. The molecule has 0 aliphatic carbocycles. The van der Waals surface area contributed by atoms with Crippen LogP contribution in [0.1, 0.15) is 36.3 Å². The fourth-order valence-electron chi connectivity index (χ4n) is 6.37. The number of hydrogen-bond acceptors (Lipinski definition) is 2. The maximum Gasteiger partial charge on any atom is 0.0684 e. The van der Waals surface area contributed by atoms with E-state index in [0.717, 1.165) is 32.4 Å². The summed E-state index contributed by atoms with van der Waals surface area (Å²) in [5.41, 5.74) is 9.39. The number of fused-ring (bicyclic) bond motifs is 8. The lowest BCUT2D eigenvalue weighted by Crippen LogP contribution is -2.43. The van der Waals surface area contributed by atoms with Crippen LogP contribution in [0, 0.1) is 5.92 Å². The molecule has 5 heterocycles. The molecule has 2 aliphatic rings. The number of benzene rings is 2. The van der Waals surface area contributed by atoms with Gasteiger partial charge < -0.3 is 9.97 Å². The van der Waals surface area contributed by atoms with Gasteiger partial charge >= 0.3 is 0 Å². The summed E-state index contributed by atoms with van der Waals surface area (Å²) in [6, 6.07) is 20.0. The highest BCUT2D eigenvalue weighted by Crippen LogP contribution is 2.44. The van der Waals surface area contributed by atoms with Crippen molar-refractivity contribution < 1.29 is 0 Å². The normalized spacial score (nSPS) is 21.6. The summed E-state index contributed by atoms with van der Waals surface area (Å²) in [4.78, 5) is 15.0. The third-order valence-corrected chi connectivity index (χ3v) is 8.00. The Morgan fingerprint density at radius 3 is 2.56 bits per heavy atom. The zero-order chi connectivity index (χ0) is 21.9. The minimum absolute atomic E-state index is 0. The quantitative estimate of drug-likeness (QED) is 0.253. The van der Waals surface area contributed by atoms with Crippen molar-refractivity contribution in [3.63, 3.8) is 0 Å². The lowest BCUT2D eigenvalue weighted by molar-refractivity contribution is 0.138. The second-order valence-corrected chi connectivity index (χ2v) is 9.65. The molecule has 0 bridgehead atoms. The van der Waals surface area contributed by atoms with Gasteiger partial charge in [0, 0.05) is 52.2 Å². The lowest BCUT2D eigenvalue weighted by Gasteiger charge is -2.43. The zero-order valence-electron chi connectivity index (χ0n) is 19.3. The van der Waals surface area contributed by atoms with Crippen LogP contribution in [0.5, 0.6) is 0 Å². The number of rotatable bonds is 2. The summed E-state index contributed by atoms with van der Waals surface area (Å²) in [7, 11) is 0. The zero-order valence-corrected chi connectivity index (χ0v) is 21.1. The molecule has 5 aromatic rings. The van der Waals surface area contributed by atoms with Crippen molar-refractivity contribution in [3.8, 4) is 0 Å². The Labute approximate surface area is 209 Å². The van der Waals surface area contributed by atoms with Gasteiger partial charge in [-0.25, -0.2) is 0 Å². The number of nitrogens with one attached hydrogen (secondary N) is 2. The number of halogens is 1. The number of aromatic amines is 2. The van der Waals surface area contributed by atoms with Crippen molar-refractivity contribution in [2.45, 2.75) is 32.2 Å². The fraction of sp³-hybridized carbons (Fsp3) is 0.276. The van der Waals surface area contributed by atoms with Crippen LogP contribution in [0.4, 0.5) is 0 Å². The summed E-state index contributed by atoms with van der Waals surface area (Å²) < 4.78 is 0. The number of H-pyrrole nitrogens is 2. The van der Waals surface area contributed by atoms with Crippen molar-refractivity contribution in [3.05, 3.63) is 89.4 Å². The molecule has 0 radical (unpaired) electrons. The average molecular weight is 513 g/mol. The predicted molar refractivity (Wildman–Crippen MR) is 146 cm³/mol. The van der Waals surface area contributed by atoms with Gasteiger partial charge in [0.05, 0.1) is 17.3 Å². The molecule has 2 atom stereocenters. The molecular weight excluding hydrogens is 484 g/mol. The van der Waals surface area contributed by atoms with E-state index in [2.05, 4.69) is 82.5 Å². The van der Waals surface area contributed by atoms with Crippen LogP contribution in [0.15, 0.2) is 72.4 Å². The first-order chi connectivity index (χ1) is 16.3. The standard InChI is InChI=1S/C29H28N4.BrH/c1-2-18-17-33-14-12-23-21-8-4-6-10-25(21)32-29(23)27(33)16-19(18)15-26-28-22(11-13-30-26)20-7-3-5-9-24(20)31-28;/h2-11,13,19,27,31-32H,12,14-17H2,1H3;1H/b18-2+;. The Bertz CT molecular complexity index is 1540. The third kappa shape index (κ3) is 3.25. The SMILES string of the molecule is Br.C/C=C1\CN2CCc3c([nH]c4ccccc34)C2CC1Cc1nccc2c1[nH]c1ccccc12. The van der Waals surface area contributed by atoms with E-state index in [1.54, 1.807) is 5.57 Å². The second-order valence-electron chi connectivity index (χ2n) is 9.65. The molecule has 0 amide bonds. The van der Waals surface area contributed by atoms with Gasteiger partial charge in [-0.05, 0) is 55.9 Å². The average Bonchev–Trinajstić information content (AvgIpc) is 3.43. The molecule has 2 N–H and O–H groups in total. The second kappa shape index (κ2) is 8.40. The van der Waals surface area contributed by atoms with Crippen LogP contribution in [-0.2, 0) is 12.8 Å². The molecule has 4 nitrogen and oxygen atoms in total. The molecule has 2 unspecified atom stereocenters. The minimum Gasteiger partial charge on any atom is -0.357 e. The number of aromatic nitrogens is 3. The van der Waals surface area contributed by atoms with Crippen LogP contribution in [0.25, 0.3) is 32.7 Å². The highest BCUT2D eigenvalue weighted by molar-refractivity contribution is 8.93. The van der Waals surface area contributed by atoms with Gasteiger partial charge in [-0.3, -0.25) is 9.88 Å². The molecular formula is C29H29BrN4. The van der Waals surface area contributed by atoms with Gasteiger partial charge in [0.15, 0.2) is 0 Å². The molecule has 3 aromatic heterocycles. The molecule has 1 saturated heterocycles. The maximum atomic E-state index is 4.87. The smallest absolute Gasteiger partial charge is 0.0684 e. The fourth-order valence-corrected chi connectivity index (χ4v) is 6.37. The molecule has 5 heteroatoms. The minimum atomic E-state index is 0. The first-order valence-corrected chi connectivity index (χ1v) is 12.1. The highest BCUT2D eigenvalue weighted by atomic mass is 79.9. The largest absolute Gasteiger partial charge is 0.357 e. The Hall–Kier alpha value is -2.89. The summed E-state index contributed by atoms with van der Waals surface area (Å²) in [6.45, 7) is 4.40. The summed E-state index contributed by atoms with van der Waals surface area (Å²) in [6.07, 6.45) is 7.58. The van der Waals surface area contributed by atoms with E-state index in [1.165, 1.54) is 49.7 Å². The topological polar surface area (TPSA) is 47.7 Å². The van der Waals surface area contributed by atoms with Gasteiger partial charge in [0.2, 0.25) is 0 Å². The summed E-state index contributed by atoms with van der Waals surface area (Å²) in [5, 5.41) is 3.97. The molecule has 2 aliphatic heterocycles. The first kappa shape index (κ1) is 21.6. The van der Waals surface area contributed by atoms with Crippen LogP contribution in [0.2, 0.25) is 0 Å². The van der Waals surface area contributed by atoms with Gasteiger partial charge in [-0.1, -0.05) is 48.0 Å². The number of allylic oxidation sites excluding steroid dienone is 1. The van der Waals surface area contributed by atoms with Crippen molar-refractivity contribution in [2.75, 3.05) is 13.1 Å². The van der Waals surface area contributed by atoms with Crippen LogP contribution in [0.3, 0.4) is 0 Å². The maximum absolute atomic E-state index is 4.87. The predicted octanol–water partition coefficient (Wildman–Crippen LogP) is 6.88. The Morgan fingerprint density at radius 2 is 1.74 bits per heavy atom. The monoisotopic (exact) mass is 512 g/mol. The van der Waals surface area contributed by atoms with Gasteiger partial charge in [-0.15, -0.1) is 17.0 Å². The molecule has 0 spiro atoms.